The van der Waals surface area contributed by atoms with E-state index in [0.717, 1.165) is 38.2 Å². The third-order valence-corrected chi connectivity index (χ3v) is 2.71. The number of nitrogens with one attached hydrogen (secondary N) is 1. The van der Waals surface area contributed by atoms with E-state index in [1.54, 1.807) is 6.26 Å². The van der Waals surface area contributed by atoms with Gasteiger partial charge < -0.3 is 14.5 Å². The van der Waals surface area contributed by atoms with E-state index in [-0.39, 0.29) is 0 Å². The van der Waals surface area contributed by atoms with Gasteiger partial charge in [-0.15, -0.1) is 0 Å². The quantitative estimate of drug-likeness (QED) is 0.669. The van der Waals surface area contributed by atoms with Gasteiger partial charge in [-0.05, 0) is 51.8 Å². The van der Waals surface area contributed by atoms with E-state index < -0.39 is 0 Å². The first-order chi connectivity index (χ1) is 8.24. The Hall–Kier alpha value is -0.800. The molecule has 0 spiro atoms. The lowest BCUT2D eigenvalue weighted by Crippen LogP contribution is -2.21. The summed E-state index contributed by atoms with van der Waals surface area (Å²) in [4.78, 5) is 0. The summed E-state index contributed by atoms with van der Waals surface area (Å²) < 4.78 is 10.9. The van der Waals surface area contributed by atoms with Crippen LogP contribution < -0.4 is 5.32 Å². The first kappa shape index (κ1) is 14.3. The number of furan rings is 1. The average molecular weight is 239 g/mol. The van der Waals surface area contributed by atoms with Gasteiger partial charge in [0.1, 0.15) is 5.76 Å². The van der Waals surface area contributed by atoms with Crippen LogP contribution in [0.25, 0.3) is 0 Å². The zero-order valence-corrected chi connectivity index (χ0v) is 11.2. The molecule has 0 fully saturated rings. The van der Waals surface area contributed by atoms with Gasteiger partial charge in [0.15, 0.2) is 0 Å². The molecule has 1 heterocycles. The summed E-state index contributed by atoms with van der Waals surface area (Å²) in [7, 11) is 0. The summed E-state index contributed by atoms with van der Waals surface area (Å²) in [6, 6.07) is 4.31. The second kappa shape index (κ2) is 8.31. The van der Waals surface area contributed by atoms with Crippen LogP contribution in [0.15, 0.2) is 22.8 Å². The van der Waals surface area contributed by atoms with Crippen LogP contribution in [0.4, 0.5) is 0 Å². The lowest BCUT2D eigenvalue weighted by Gasteiger charge is -2.14. The Bertz CT molecular complexity index is 270. The summed E-state index contributed by atoms with van der Waals surface area (Å²) in [5, 5.41) is 3.51. The fourth-order valence-electron chi connectivity index (χ4n) is 1.76. The van der Waals surface area contributed by atoms with Crippen LogP contribution in [0, 0.1) is 0 Å². The molecule has 0 saturated carbocycles. The Balaban J connectivity index is 2.08. The van der Waals surface area contributed by atoms with Crippen molar-refractivity contribution in [2.75, 3.05) is 13.2 Å². The molecule has 0 aliphatic rings. The lowest BCUT2D eigenvalue weighted by atomic mass is 10.1. The topological polar surface area (TPSA) is 34.4 Å². The van der Waals surface area contributed by atoms with Gasteiger partial charge in [-0.1, -0.05) is 6.92 Å². The van der Waals surface area contributed by atoms with Crippen molar-refractivity contribution in [3.05, 3.63) is 24.2 Å². The number of hydrogen-bond donors (Lipinski definition) is 1. The van der Waals surface area contributed by atoms with E-state index in [9.17, 15) is 0 Å². The van der Waals surface area contributed by atoms with Gasteiger partial charge in [0, 0.05) is 6.61 Å². The van der Waals surface area contributed by atoms with E-state index in [0.29, 0.717) is 12.1 Å². The van der Waals surface area contributed by atoms with Crippen molar-refractivity contribution in [1.82, 2.24) is 5.32 Å². The molecule has 1 unspecified atom stereocenters. The molecule has 0 aliphatic heterocycles. The molecule has 1 aromatic rings. The molecule has 1 aromatic heterocycles. The highest BCUT2D eigenvalue weighted by atomic mass is 16.5. The van der Waals surface area contributed by atoms with E-state index >= 15 is 0 Å². The Kier molecular flexibility index (Phi) is 6.97. The van der Waals surface area contributed by atoms with Gasteiger partial charge in [-0.2, -0.15) is 0 Å². The maximum absolute atomic E-state index is 5.50. The summed E-state index contributed by atoms with van der Waals surface area (Å²) in [6.07, 6.45) is 5.38. The molecule has 1 rings (SSSR count). The number of hydrogen-bond acceptors (Lipinski definition) is 3. The largest absolute Gasteiger partial charge is 0.468 e. The number of ether oxygens (including phenoxy) is 1. The summed E-state index contributed by atoms with van der Waals surface area (Å²) in [6.45, 7) is 8.18. The number of rotatable bonds is 9. The van der Waals surface area contributed by atoms with Crippen molar-refractivity contribution >= 4 is 0 Å². The van der Waals surface area contributed by atoms with Crippen molar-refractivity contribution < 1.29 is 9.15 Å². The van der Waals surface area contributed by atoms with Gasteiger partial charge in [-0.3, -0.25) is 0 Å². The molecule has 0 amide bonds. The second-order valence-corrected chi connectivity index (χ2v) is 4.56. The normalized spacial score (nSPS) is 13.2. The molecule has 1 N–H and O–H groups in total. The van der Waals surface area contributed by atoms with Crippen LogP contribution in [-0.4, -0.2) is 19.3 Å². The van der Waals surface area contributed by atoms with E-state index in [4.69, 9.17) is 9.15 Å². The maximum Gasteiger partial charge on any atom is 0.120 e. The molecule has 1 atom stereocenters. The third kappa shape index (κ3) is 5.89. The highest BCUT2D eigenvalue weighted by Gasteiger charge is 2.10. The number of unbranched alkanes of at least 4 members (excludes halogenated alkanes) is 1. The van der Waals surface area contributed by atoms with Crippen LogP contribution >= 0.6 is 0 Å². The molecule has 3 heteroatoms. The fourth-order valence-corrected chi connectivity index (χ4v) is 1.76. The summed E-state index contributed by atoms with van der Waals surface area (Å²) >= 11 is 0. The van der Waals surface area contributed by atoms with E-state index in [2.05, 4.69) is 26.1 Å². The Labute approximate surface area is 105 Å². The van der Waals surface area contributed by atoms with Crippen LogP contribution in [-0.2, 0) is 4.74 Å². The molecule has 0 saturated heterocycles. The predicted octanol–water partition coefficient (Wildman–Crippen LogP) is 3.53. The van der Waals surface area contributed by atoms with Crippen molar-refractivity contribution in [3.63, 3.8) is 0 Å². The maximum atomic E-state index is 5.50. The highest BCUT2D eigenvalue weighted by molar-refractivity contribution is 5.03. The van der Waals surface area contributed by atoms with Crippen molar-refractivity contribution in [2.24, 2.45) is 0 Å². The fraction of sp³-hybridized carbons (Fsp3) is 0.714. The molecule has 0 aliphatic carbocycles. The van der Waals surface area contributed by atoms with Gasteiger partial charge in [0.2, 0.25) is 0 Å². The molecule has 3 nitrogen and oxygen atoms in total. The molecule has 98 valence electrons. The van der Waals surface area contributed by atoms with Gasteiger partial charge in [-0.25, -0.2) is 0 Å². The standard InChI is InChI=1S/C14H25NO2/c1-4-13(14-8-7-11-17-14)15-9-5-6-10-16-12(2)3/h7-8,11-13,15H,4-6,9-10H2,1-3H3. The Morgan fingerprint density at radius 2 is 2.18 bits per heavy atom. The molecule has 0 radical (unpaired) electrons. The molecular weight excluding hydrogens is 214 g/mol. The van der Waals surface area contributed by atoms with Crippen molar-refractivity contribution in [3.8, 4) is 0 Å². The zero-order valence-electron chi connectivity index (χ0n) is 11.2. The van der Waals surface area contributed by atoms with E-state index in [1.807, 2.05) is 12.1 Å². The minimum absolute atomic E-state index is 0.342. The van der Waals surface area contributed by atoms with Crippen molar-refractivity contribution in [1.29, 1.82) is 0 Å². The summed E-state index contributed by atoms with van der Waals surface area (Å²) in [5.41, 5.74) is 0. The Morgan fingerprint density at radius 3 is 2.76 bits per heavy atom. The second-order valence-electron chi connectivity index (χ2n) is 4.56. The van der Waals surface area contributed by atoms with Crippen LogP contribution in [0.5, 0.6) is 0 Å². The van der Waals surface area contributed by atoms with Gasteiger partial charge >= 0.3 is 0 Å². The third-order valence-electron chi connectivity index (χ3n) is 2.71. The smallest absolute Gasteiger partial charge is 0.120 e. The highest BCUT2D eigenvalue weighted by Crippen LogP contribution is 2.16. The van der Waals surface area contributed by atoms with Crippen molar-refractivity contribution in [2.45, 2.75) is 52.2 Å². The minimum Gasteiger partial charge on any atom is -0.468 e. The Morgan fingerprint density at radius 1 is 1.35 bits per heavy atom. The van der Waals surface area contributed by atoms with Gasteiger partial charge in [0.25, 0.3) is 0 Å². The monoisotopic (exact) mass is 239 g/mol. The van der Waals surface area contributed by atoms with Crippen LogP contribution in [0.1, 0.15) is 51.8 Å². The predicted molar refractivity (Wildman–Crippen MR) is 70.1 cm³/mol. The first-order valence-electron chi connectivity index (χ1n) is 6.62. The lowest BCUT2D eigenvalue weighted by molar-refractivity contribution is 0.0759. The van der Waals surface area contributed by atoms with Crippen LogP contribution in [0.2, 0.25) is 0 Å². The van der Waals surface area contributed by atoms with Gasteiger partial charge in [0.05, 0.1) is 18.4 Å². The van der Waals surface area contributed by atoms with Crippen LogP contribution in [0.3, 0.4) is 0 Å². The first-order valence-corrected chi connectivity index (χ1v) is 6.62. The van der Waals surface area contributed by atoms with E-state index in [1.165, 1.54) is 0 Å². The molecule has 0 aromatic carbocycles. The minimum atomic E-state index is 0.342. The zero-order chi connectivity index (χ0) is 12.5. The SMILES string of the molecule is CCC(NCCCCOC(C)C)c1ccco1. The molecule has 0 bridgehead atoms. The molecular formula is C14H25NO2. The molecule has 17 heavy (non-hydrogen) atoms. The summed E-state index contributed by atoms with van der Waals surface area (Å²) in [5.74, 6) is 1.03. The average Bonchev–Trinajstić information content (AvgIpc) is 2.81.